The Labute approximate surface area is 113 Å². The number of hydrogen-bond donors (Lipinski definition) is 3. The summed E-state index contributed by atoms with van der Waals surface area (Å²) in [7, 11) is 3.97. The fourth-order valence-electron chi connectivity index (χ4n) is 1.76. The van der Waals surface area contributed by atoms with Crippen LogP contribution in [0.5, 0.6) is 0 Å². The Balaban J connectivity index is 2.00. The lowest BCUT2D eigenvalue weighted by molar-refractivity contribution is 0.0915. The number of nitrogens with one attached hydrogen (secondary N) is 2. The van der Waals surface area contributed by atoms with E-state index in [-0.39, 0.29) is 11.4 Å². The van der Waals surface area contributed by atoms with E-state index < -0.39 is 0 Å². The molecule has 1 saturated carbocycles. The molecular formula is C13H23N5O. The zero-order chi connectivity index (χ0) is 14.2. The molecule has 1 aromatic rings. The van der Waals surface area contributed by atoms with E-state index in [0.717, 1.165) is 18.5 Å². The highest BCUT2D eigenvalue weighted by atomic mass is 16.2. The average Bonchev–Trinajstić information content (AvgIpc) is 3.10. The summed E-state index contributed by atoms with van der Waals surface area (Å²) in [5.74, 6) is 0.253. The SMILES string of the molecule is CN(C)C(C)(C)CNC(=O)c1n[nH]c(C2CC2)c1N. The van der Waals surface area contributed by atoms with Crippen LogP contribution in [0.3, 0.4) is 0 Å². The molecule has 1 aliphatic rings. The minimum atomic E-state index is -0.212. The van der Waals surface area contributed by atoms with Crippen molar-refractivity contribution in [3.05, 3.63) is 11.4 Å². The number of H-pyrrole nitrogens is 1. The summed E-state index contributed by atoms with van der Waals surface area (Å²) in [4.78, 5) is 14.2. The van der Waals surface area contributed by atoms with Gasteiger partial charge in [-0.1, -0.05) is 0 Å². The lowest BCUT2D eigenvalue weighted by Gasteiger charge is -2.32. The largest absolute Gasteiger partial charge is 0.395 e. The van der Waals surface area contributed by atoms with E-state index in [1.54, 1.807) is 0 Å². The van der Waals surface area contributed by atoms with Gasteiger partial charge >= 0.3 is 0 Å². The smallest absolute Gasteiger partial charge is 0.274 e. The monoisotopic (exact) mass is 265 g/mol. The summed E-state index contributed by atoms with van der Waals surface area (Å²) in [6.45, 7) is 4.68. The van der Waals surface area contributed by atoms with E-state index in [1.807, 2.05) is 14.1 Å². The molecule has 1 amide bonds. The molecule has 0 spiro atoms. The number of amides is 1. The topological polar surface area (TPSA) is 87.0 Å². The molecule has 0 unspecified atom stereocenters. The highest BCUT2D eigenvalue weighted by Crippen LogP contribution is 2.42. The molecule has 0 saturated heterocycles. The van der Waals surface area contributed by atoms with Gasteiger partial charge in [-0.25, -0.2) is 0 Å². The van der Waals surface area contributed by atoms with Crippen molar-refractivity contribution in [2.75, 3.05) is 26.4 Å². The molecule has 6 nitrogen and oxygen atoms in total. The molecule has 2 rings (SSSR count). The Kier molecular flexibility index (Phi) is 3.54. The molecule has 6 heteroatoms. The van der Waals surface area contributed by atoms with Gasteiger partial charge < -0.3 is 16.0 Å². The van der Waals surface area contributed by atoms with Gasteiger partial charge in [-0.15, -0.1) is 0 Å². The van der Waals surface area contributed by atoms with E-state index in [9.17, 15) is 4.79 Å². The summed E-state index contributed by atoms with van der Waals surface area (Å²) in [5.41, 5.74) is 7.60. The lowest BCUT2D eigenvalue weighted by Crippen LogP contribution is -2.48. The summed E-state index contributed by atoms with van der Waals surface area (Å²) >= 11 is 0. The molecule has 106 valence electrons. The van der Waals surface area contributed by atoms with E-state index in [4.69, 9.17) is 5.73 Å². The van der Waals surface area contributed by atoms with Crippen LogP contribution in [0.15, 0.2) is 0 Å². The van der Waals surface area contributed by atoms with Gasteiger partial charge in [0, 0.05) is 18.0 Å². The van der Waals surface area contributed by atoms with Crippen molar-refractivity contribution < 1.29 is 4.79 Å². The first-order valence-electron chi connectivity index (χ1n) is 6.62. The highest BCUT2D eigenvalue weighted by molar-refractivity contribution is 5.97. The number of carbonyl (C=O) groups excluding carboxylic acids is 1. The number of likely N-dealkylation sites (N-methyl/N-ethyl adjacent to an activating group) is 1. The van der Waals surface area contributed by atoms with E-state index in [0.29, 0.717) is 23.8 Å². The van der Waals surface area contributed by atoms with Crippen LogP contribution in [0.1, 0.15) is 48.8 Å². The maximum Gasteiger partial charge on any atom is 0.274 e. The van der Waals surface area contributed by atoms with Crippen molar-refractivity contribution in [2.24, 2.45) is 0 Å². The molecule has 19 heavy (non-hydrogen) atoms. The molecule has 0 aromatic carbocycles. The summed E-state index contributed by atoms with van der Waals surface area (Å²) in [5, 5.41) is 9.83. The summed E-state index contributed by atoms with van der Waals surface area (Å²) in [6, 6.07) is 0. The van der Waals surface area contributed by atoms with Gasteiger partial charge in [0.2, 0.25) is 0 Å². The molecule has 1 aliphatic carbocycles. The molecule has 1 heterocycles. The Bertz CT molecular complexity index is 473. The van der Waals surface area contributed by atoms with E-state index in [1.165, 1.54) is 0 Å². The predicted molar refractivity (Wildman–Crippen MR) is 75.1 cm³/mol. The minimum absolute atomic E-state index is 0.111. The van der Waals surface area contributed by atoms with Crippen molar-refractivity contribution in [2.45, 2.75) is 38.1 Å². The van der Waals surface area contributed by atoms with Gasteiger partial charge in [-0.2, -0.15) is 5.10 Å². The second-order valence-electron chi connectivity index (χ2n) is 6.06. The molecule has 0 radical (unpaired) electrons. The number of carbonyl (C=O) groups is 1. The van der Waals surface area contributed by atoms with Crippen LogP contribution >= 0.6 is 0 Å². The predicted octanol–water partition coefficient (Wildman–Crippen LogP) is 0.939. The van der Waals surface area contributed by atoms with Crippen molar-refractivity contribution in [3.8, 4) is 0 Å². The number of nitrogens with zero attached hydrogens (tertiary/aromatic N) is 2. The van der Waals surface area contributed by atoms with E-state index >= 15 is 0 Å². The standard InChI is InChI=1S/C13H23N5O/c1-13(2,18(3)4)7-15-12(19)11-9(14)10(16-17-11)8-5-6-8/h8H,5-7,14H2,1-4H3,(H,15,19)(H,16,17). The second-order valence-corrected chi connectivity index (χ2v) is 6.06. The number of nitrogens with two attached hydrogens (primary N) is 1. The summed E-state index contributed by atoms with van der Waals surface area (Å²) in [6.07, 6.45) is 2.25. The first-order chi connectivity index (χ1) is 8.83. The normalized spacial score (nSPS) is 15.8. The first-order valence-corrected chi connectivity index (χ1v) is 6.62. The van der Waals surface area contributed by atoms with Gasteiger partial charge in [0.25, 0.3) is 5.91 Å². The maximum atomic E-state index is 12.1. The van der Waals surface area contributed by atoms with Crippen molar-refractivity contribution >= 4 is 11.6 Å². The van der Waals surface area contributed by atoms with Gasteiger partial charge in [0.15, 0.2) is 5.69 Å². The maximum absolute atomic E-state index is 12.1. The Morgan fingerprint density at radius 3 is 2.68 bits per heavy atom. The zero-order valence-electron chi connectivity index (χ0n) is 12.1. The van der Waals surface area contributed by atoms with Crippen molar-refractivity contribution in [1.82, 2.24) is 20.4 Å². The number of hydrogen-bond acceptors (Lipinski definition) is 4. The third kappa shape index (κ3) is 2.89. The molecule has 1 aromatic heterocycles. The highest BCUT2D eigenvalue weighted by Gasteiger charge is 2.30. The van der Waals surface area contributed by atoms with Gasteiger partial charge in [-0.05, 0) is 40.8 Å². The number of rotatable bonds is 5. The third-order valence-electron chi connectivity index (χ3n) is 3.93. The second kappa shape index (κ2) is 4.85. The van der Waals surface area contributed by atoms with Gasteiger partial charge in [0.05, 0.1) is 11.4 Å². The van der Waals surface area contributed by atoms with Crippen LogP contribution in [-0.4, -0.2) is 47.2 Å². The zero-order valence-corrected chi connectivity index (χ0v) is 12.1. The van der Waals surface area contributed by atoms with Crippen LogP contribution in [0, 0.1) is 0 Å². The minimum Gasteiger partial charge on any atom is -0.395 e. The molecular weight excluding hydrogens is 242 g/mol. The van der Waals surface area contributed by atoms with Crippen LogP contribution in [-0.2, 0) is 0 Å². The average molecular weight is 265 g/mol. The molecule has 0 atom stereocenters. The van der Waals surface area contributed by atoms with Crippen LogP contribution in [0.4, 0.5) is 5.69 Å². The van der Waals surface area contributed by atoms with Crippen molar-refractivity contribution in [3.63, 3.8) is 0 Å². The van der Waals surface area contributed by atoms with Crippen LogP contribution in [0.2, 0.25) is 0 Å². The fourth-order valence-corrected chi connectivity index (χ4v) is 1.76. The molecule has 0 aliphatic heterocycles. The Hall–Kier alpha value is -1.56. The first kappa shape index (κ1) is 13.9. The van der Waals surface area contributed by atoms with Crippen molar-refractivity contribution in [1.29, 1.82) is 0 Å². The molecule has 0 bridgehead atoms. The third-order valence-corrected chi connectivity index (χ3v) is 3.93. The number of aromatic nitrogens is 2. The summed E-state index contributed by atoms with van der Waals surface area (Å²) < 4.78 is 0. The van der Waals surface area contributed by atoms with Gasteiger partial charge in [-0.3, -0.25) is 9.89 Å². The Morgan fingerprint density at radius 2 is 2.16 bits per heavy atom. The number of nitrogen functional groups attached to an aromatic ring is 1. The fraction of sp³-hybridized carbons (Fsp3) is 0.692. The molecule has 4 N–H and O–H groups in total. The Morgan fingerprint density at radius 1 is 1.53 bits per heavy atom. The molecule has 1 fully saturated rings. The van der Waals surface area contributed by atoms with E-state index in [2.05, 4.69) is 34.3 Å². The number of aromatic amines is 1. The number of anilines is 1. The van der Waals surface area contributed by atoms with Crippen LogP contribution in [0.25, 0.3) is 0 Å². The van der Waals surface area contributed by atoms with Crippen LogP contribution < -0.4 is 11.1 Å². The lowest BCUT2D eigenvalue weighted by atomic mass is 10.0. The quantitative estimate of drug-likeness (QED) is 0.739. The van der Waals surface area contributed by atoms with Gasteiger partial charge in [0.1, 0.15) is 0 Å².